The molecule has 1 aliphatic rings. The third kappa shape index (κ3) is 2.20. The van der Waals surface area contributed by atoms with E-state index >= 15 is 0 Å². The van der Waals surface area contributed by atoms with Gasteiger partial charge in [-0.05, 0) is 31.4 Å². The van der Waals surface area contributed by atoms with Crippen LogP contribution in [0.4, 0.5) is 5.69 Å². The van der Waals surface area contributed by atoms with Gasteiger partial charge in [-0.1, -0.05) is 13.8 Å². The first-order chi connectivity index (χ1) is 10.8. The summed E-state index contributed by atoms with van der Waals surface area (Å²) in [5, 5.41) is 0.787. The average molecular weight is 331 g/mol. The number of primary amides is 1. The molecule has 0 saturated heterocycles. The summed E-state index contributed by atoms with van der Waals surface area (Å²) in [6.07, 6.45) is 3.87. The van der Waals surface area contributed by atoms with Gasteiger partial charge in [0.1, 0.15) is 15.5 Å². The van der Waals surface area contributed by atoms with Gasteiger partial charge < -0.3 is 16.2 Å². The van der Waals surface area contributed by atoms with E-state index in [1.807, 2.05) is 13.0 Å². The molecule has 23 heavy (non-hydrogen) atoms. The summed E-state index contributed by atoms with van der Waals surface area (Å²) >= 11 is 1.26. The van der Waals surface area contributed by atoms with Gasteiger partial charge in [0.25, 0.3) is 5.91 Å². The van der Waals surface area contributed by atoms with Gasteiger partial charge in [0, 0.05) is 16.4 Å². The number of nitrogens with two attached hydrogens (primary N) is 2. The molecule has 0 atom stereocenters. The van der Waals surface area contributed by atoms with E-state index in [9.17, 15) is 4.79 Å². The fourth-order valence-corrected chi connectivity index (χ4v) is 4.33. The summed E-state index contributed by atoms with van der Waals surface area (Å²) in [6, 6.07) is 0. The molecule has 0 aromatic carbocycles. The van der Waals surface area contributed by atoms with Crippen LogP contribution in [0.1, 0.15) is 53.7 Å². The molecule has 5 nitrogen and oxygen atoms in total. The van der Waals surface area contributed by atoms with Gasteiger partial charge in [0.05, 0.1) is 18.5 Å². The van der Waals surface area contributed by atoms with E-state index in [4.69, 9.17) is 21.2 Å². The van der Waals surface area contributed by atoms with Crippen molar-refractivity contribution in [1.82, 2.24) is 4.98 Å². The molecule has 0 bridgehead atoms. The summed E-state index contributed by atoms with van der Waals surface area (Å²) < 4.78 is 5.58. The van der Waals surface area contributed by atoms with E-state index in [1.54, 1.807) is 7.11 Å². The lowest BCUT2D eigenvalue weighted by molar-refractivity contribution is 0.100. The maximum absolute atomic E-state index is 11.7. The van der Waals surface area contributed by atoms with Gasteiger partial charge >= 0.3 is 0 Å². The summed E-state index contributed by atoms with van der Waals surface area (Å²) in [7, 11) is 1.64. The Kier molecular flexibility index (Phi) is 3.59. The van der Waals surface area contributed by atoms with E-state index in [-0.39, 0.29) is 5.41 Å². The van der Waals surface area contributed by atoms with Crippen molar-refractivity contribution in [2.24, 2.45) is 5.73 Å². The fourth-order valence-electron chi connectivity index (χ4n) is 3.37. The number of aromatic nitrogens is 1. The molecule has 2 heterocycles. The number of nitrogens with zero attached hydrogens (tertiary/aromatic N) is 1. The predicted molar refractivity (Wildman–Crippen MR) is 94.6 cm³/mol. The topological polar surface area (TPSA) is 91.2 Å². The number of fused-ring (bicyclic) bond motifs is 2. The number of amides is 1. The highest BCUT2D eigenvalue weighted by Crippen LogP contribution is 2.46. The minimum atomic E-state index is -0.518. The molecule has 122 valence electrons. The van der Waals surface area contributed by atoms with Crippen LogP contribution in [-0.2, 0) is 16.6 Å². The number of anilines is 1. The van der Waals surface area contributed by atoms with Crippen molar-refractivity contribution in [3.8, 4) is 0 Å². The van der Waals surface area contributed by atoms with Gasteiger partial charge in [-0.3, -0.25) is 4.79 Å². The monoisotopic (exact) mass is 331 g/mol. The zero-order valence-corrected chi connectivity index (χ0v) is 14.6. The fraction of sp³-hybridized carbons (Fsp3) is 0.412. The van der Waals surface area contributed by atoms with Crippen molar-refractivity contribution in [3.05, 3.63) is 27.8 Å². The molecule has 3 rings (SSSR count). The van der Waals surface area contributed by atoms with E-state index in [2.05, 4.69) is 13.8 Å². The Morgan fingerprint density at radius 3 is 2.70 bits per heavy atom. The minimum Gasteiger partial charge on any atom is -0.496 e. The lowest BCUT2D eigenvalue weighted by Gasteiger charge is -2.19. The molecule has 0 saturated carbocycles. The molecule has 0 radical (unpaired) electrons. The van der Waals surface area contributed by atoms with Crippen LogP contribution in [0.2, 0.25) is 0 Å². The van der Waals surface area contributed by atoms with E-state index in [1.165, 1.54) is 11.3 Å². The van der Waals surface area contributed by atoms with Crippen LogP contribution in [-0.4, -0.2) is 18.0 Å². The highest BCUT2D eigenvalue weighted by Gasteiger charge is 2.36. The molecule has 0 aliphatic heterocycles. The second kappa shape index (κ2) is 5.23. The van der Waals surface area contributed by atoms with Gasteiger partial charge in [0.15, 0.2) is 0 Å². The Hall–Kier alpha value is -2.08. The number of thiophene rings is 1. The number of hydrogen-bond acceptors (Lipinski definition) is 5. The second-order valence-corrected chi connectivity index (χ2v) is 7.44. The number of nitrogen functional groups attached to an aromatic ring is 1. The Balaban J connectivity index is 2.48. The molecule has 1 aliphatic carbocycles. The van der Waals surface area contributed by atoms with E-state index < -0.39 is 5.91 Å². The number of ether oxygens (including phenoxy) is 1. The number of pyridine rings is 1. The summed E-state index contributed by atoms with van der Waals surface area (Å²) in [5.74, 6) is 0.238. The van der Waals surface area contributed by atoms with Crippen LogP contribution in [0.25, 0.3) is 16.0 Å². The lowest BCUT2D eigenvalue weighted by atomic mass is 9.89. The predicted octanol–water partition coefficient (Wildman–Crippen LogP) is 3.21. The van der Waals surface area contributed by atoms with Crippen LogP contribution in [0.3, 0.4) is 0 Å². The highest BCUT2D eigenvalue weighted by atomic mass is 32.1. The van der Waals surface area contributed by atoms with Crippen LogP contribution in [0.15, 0.2) is 6.08 Å². The maximum atomic E-state index is 11.7. The quantitative estimate of drug-likeness (QED) is 0.845. The third-order valence-corrected chi connectivity index (χ3v) is 5.68. The van der Waals surface area contributed by atoms with E-state index in [0.29, 0.717) is 10.6 Å². The molecule has 2 aromatic heterocycles. The molecule has 0 fully saturated rings. The van der Waals surface area contributed by atoms with Crippen molar-refractivity contribution in [2.75, 3.05) is 12.8 Å². The molecular formula is C17H21N3O2S. The Bertz CT molecular complexity index is 849. The summed E-state index contributed by atoms with van der Waals surface area (Å²) in [6.45, 7) is 6.31. The van der Waals surface area contributed by atoms with E-state index in [0.717, 1.165) is 45.6 Å². The zero-order valence-electron chi connectivity index (χ0n) is 13.8. The lowest BCUT2D eigenvalue weighted by Crippen LogP contribution is -2.14. The molecule has 1 amide bonds. The van der Waals surface area contributed by atoms with Gasteiger partial charge in [0.2, 0.25) is 0 Å². The summed E-state index contributed by atoms with van der Waals surface area (Å²) in [4.78, 5) is 17.6. The highest BCUT2D eigenvalue weighted by molar-refractivity contribution is 7.21. The average Bonchev–Trinajstić information content (AvgIpc) is 2.98. The van der Waals surface area contributed by atoms with Crippen molar-refractivity contribution in [3.63, 3.8) is 0 Å². The first-order valence-electron chi connectivity index (χ1n) is 7.57. The molecular weight excluding hydrogens is 310 g/mol. The van der Waals surface area contributed by atoms with Crippen molar-refractivity contribution in [1.29, 1.82) is 0 Å². The van der Waals surface area contributed by atoms with Crippen LogP contribution in [0.5, 0.6) is 0 Å². The number of allylic oxidation sites excluding steroid dienone is 1. The normalized spacial score (nSPS) is 16.6. The standard InChI is InChI=1S/C17H21N3O2S/c1-5-9(22-4)10-8-6-7-17(2,3)14(8)20-16-11(10)12(18)13(23-16)15(19)21/h5H,6-7,18H2,1-4H3,(H2,19,21). The number of hydrogen-bond donors (Lipinski definition) is 2. The van der Waals surface area contributed by atoms with Crippen LogP contribution in [0, 0.1) is 0 Å². The molecule has 0 spiro atoms. The SMILES string of the molecule is CC=C(OC)c1c2c(nc3sc(C(N)=O)c(N)c13)C(C)(C)CC2. The Labute approximate surface area is 139 Å². The van der Waals surface area contributed by atoms with Gasteiger partial charge in [-0.25, -0.2) is 4.98 Å². The molecule has 2 aromatic rings. The minimum absolute atomic E-state index is 0.00347. The van der Waals surface area contributed by atoms with Crippen LogP contribution < -0.4 is 11.5 Å². The zero-order chi connectivity index (χ0) is 16.9. The molecule has 6 heteroatoms. The van der Waals surface area contributed by atoms with Crippen LogP contribution >= 0.6 is 11.3 Å². The van der Waals surface area contributed by atoms with Gasteiger partial charge in [-0.15, -0.1) is 11.3 Å². The molecule has 4 N–H and O–H groups in total. The number of rotatable bonds is 3. The number of carbonyl (C=O) groups excluding carboxylic acids is 1. The third-order valence-electron chi connectivity index (χ3n) is 4.57. The van der Waals surface area contributed by atoms with Crippen molar-refractivity contribution >= 4 is 38.9 Å². The molecule has 0 unspecified atom stereocenters. The number of methoxy groups -OCH3 is 1. The van der Waals surface area contributed by atoms with Crippen molar-refractivity contribution < 1.29 is 9.53 Å². The largest absolute Gasteiger partial charge is 0.496 e. The smallest absolute Gasteiger partial charge is 0.260 e. The summed E-state index contributed by atoms with van der Waals surface area (Å²) in [5.41, 5.74) is 15.3. The first kappa shape index (κ1) is 15.8. The first-order valence-corrected chi connectivity index (χ1v) is 8.39. The van der Waals surface area contributed by atoms with Gasteiger partial charge in [-0.2, -0.15) is 0 Å². The maximum Gasteiger partial charge on any atom is 0.260 e. The number of carbonyl (C=O) groups is 1. The second-order valence-electron chi connectivity index (χ2n) is 6.44. The Morgan fingerprint density at radius 2 is 2.13 bits per heavy atom. The Morgan fingerprint density at radius 1 is 1.43 bits per heavy atom. The van der Waals surface area contributed by atoms with Crippen molar-refractivity contribution in [2.45, 2.75) is 39.0 Å².